The number of nitrogens with zero attached hydrogens (tertiary/aromatic N) is 1. The molecule has 130 valence electrons. The summed E-state index contributed by atoms with van der Waals surface area (Å²) < 4.78 is 9.99. The Morgan fingerprint density at radius 1 is 1.20 bits per heavy atom. The third kappa shape index (κ3) is 3.15. The predicted molar refractivity (Wildman–Crippen MR) is 93.1 cm³/mol. The minimum Gasteiger partial charge on any atom is -0.497 e. The molecule has 2 aromatic rings. The fourth-order valence-corrected chi connectivity index (χ4v) is 3.11. The van der Waals surface area contributed by atoms with Crippen LogP contribution in [0.2, 0.25) is 0 Å². The molecule has 0 saturated carbocycles. The highest BCUT2D eigenvalue weighted by molar-refractivity contribution is 6.00. The van der Waals surface area contributed by atoms with E-state index in [4.69, 9.17) is 15.2 Å². The largest absolute Gasteiger partial charge is 0.497 e. The van der Waals surface area contributed by atoms with Crippen molar-refractivity contribution >= 4 is 17.6 Å². The zero-order valence-corrected chi connectivity index (χ0v) is 14.2. The number of anilines is 1. The molecular weight excluding hydrogens is 320 g/mol. The molecular formula is C19H20N2O4. The third-order valence-electron chi connectivity index (χ3n) is 4.50. The van der Waals surface area contributed by atoms with Gasteiger partial charge >= 0.3 is 5.97 Å². The summed E-state index contributed by atoms with van der Waals surface area (Å²) in [5, 5.41) is 0. The van der Waals surface area contributed by atoms with Gasteiger partial charge in [-0.25, -0.2) is 0 Å². The molecule has 1 aliphatic rings. The number of amides is 1. The molecule has 1 aliphatic heterocycles. The molecule has 0 bridgehead atoms. The van der Waals surface area contributed by atoms with E-state index in [1.165, 1.54) is 7.11 Å². The molecule has 6 nitrogen and oxygen atoms in total. The lowest BCUT2D eigenvalue weighted by molar-refractivity contribution is -0.141. The number of nitrogen functional groups attached to an aromatic ring is 1. The monoisotopic (exact) mass is 340 g/mol. The maximum absolute atomic E-state index is 12.9. The molecule has 2 aromatic carbocycles. The number of methoxy groups -OCH3 is 2. The molecule has 0 saturated heterocycles. The van der Waals surface area contributed by atoms with Gasteiger partial charge in [0.25, 0.3) is 5.91 Å². The highest BCUT2D eigenvalue weighted by atomic mass is 16.5. The van der Waals surface area contributed by atoms with Crippen molar-refractivity contribution in [1.82, 2.24) is 4.90 Å². The average molecular weight is 340 g/mol. The van der Waals surface area contributed by atoms with Crippen LogP contribution in [0, 0.1) is 0 Å². The van der Waals surface area contributed by atoms with Crippen LogP contribution in [0.4, 0.5) is 5.69 Å². The summed E-state index contributed by atoms with van der Waals surface area (Å²) in [6, 6.07) is 12.2. The average Bonchev–Trinajstić information content (AvgIpc) is 2.98. The fourth-order valence-electron chi connectivity index (χ4n) is 3.11. The predicted octanol–water partition coefficient (Wildman–Crippen LogP) is 2.54. The van der Waals surface area contributed by atoms with Gasteiger partial charge in [0.1, 0.15) is 5.75 Å². The smallest absolute Gasteiger partial charge is 0.307 e. The molecule has 25 heavy (non-hydrogen) atoms. The van der Waals surface area contributed by atoms with E-state index in [0.29, 0.717) is 23.5 Å². The summed E-state index contributed by atoms with van der Waals surface area (Å²) in [5.74, 6) is 0.199. The Bertz CT molecular complexity index is 802. The van der Waals surface area contributed by atoms with Crippen molar-refractivity contribution in [2.45, 2.75) is 19.0 Å². The van der Waals surface area contributed by atoms with Crippen LogP contribution in [0.5, 0.6) is 5.75 Å². The Morgan fingerprint density at radius 2 is 1.92 bits per heavy atom. The summed E-state index contributed by atoms with van der Waals surface area (Å²) in [4.78, 5) is 26.4. The molecule has 1 atom stereocenters. The Hall–Kier alpha value is -3.02. The third-order valence-corrected chi connectivity index (χ3v) is 4.50. The standard InChI is InChI=1S/C19H20N2O4/c1-24-13-8-6-12(7-9-13)17(10-18(22)25-2)21-11-15-14(19(21)23)4-3-5-16(15)20/h3-9,17H,10-11,20H2,1-2H3. The Labute approximate surface area is 146 Å². The van der Waals surface area contributed by atoms with Gasteiger partial charge in [-0.05, 0) is 29.8 Å². The van der Waals surface area contributed by atoms with E-state index in [1.807, 2.05) is 24.3 Å². The van der Waals surface area contributed by atoms with Crippen molar-refractivity contribution in [1.29, 1.82) is 0 Å². The number of esters is 1. The lowest BCUT2D eigenvalue weighted by Crippen LogP contribution is -2.31. The van der Waals surface area contributed by atoms with Gasteiger partial charge < -0.3 is 20.1 Å². The van der Waals surface area contributed by atoms with Gasteiger partial charge in [0, 0.05) is 23.4 Å². The molecule has 1 unspecified atom stereocenters. The van der Waals surface area contributed by atoms with Crippen molar-refractivity contribution in [2.75, 3.05) is 20.0 Å². The summed E-state index contributed by atoms with van der Waals surface area (Å²) in [5.41, 5.74) is 8.82. The van der Waals surface area contributed by atoms with Gasteiger partial charge in [-0.2, -0.15) is 0 Å². The van der Waals surface area contributed by atoms with Crippen LogP contribution in [0.15, 0.2) is 42.5 Å². The van der Waals surface area contributed by atoms with E-state index >= 15 is 0 Å². The van der Waals surface area contributed by atoms with Gasteiger partial charge in [-0.3, -0.25) is 9.59 Å². The first-order valence-electron chi connectivity index (χ1n) is 7.94. The first-order valence-corrected chi connectivity index (χ1v) is 7.94. The summed E-state index contributed by atoms with van der Waals surface area (Å²) in [7, 11) is 2.93. The van der Waals surface area contributed by atoms with Crippen molar-refractivity contribution in [2.24, 2.45) is 0 Å². The highest BCUT2D eigenvalue weighted by Crippen LogP contribution is 2.36. The van der Waals surface area contributed by atoms with Crippen molar-refractivity contribution in [3.63, 3.8) is 0 Å². The molecule has 0 fully saturated rings. The number of hydrogen-bond donors (Lipinski definition) is 1. The molecule has 2 N–H and O–H groups in total. The van der Waals surface area contributed by atoms with Crippen LogP contribution in [0.3, 0.4) is 0 Å². The number of rotatable bonds is 5. The molecule has 1 heterocycles. The zero-order valence-electron chi connectivity index (χ0n) is 14.2. The Morgan fingerprint density at radius 3 is 2.52 bits per heavy atom. The van der Waals surface area contributed by atoms with E-state index in [-0.39, 0.29) is 18.3 Å². The second-order valence-electron chi connectivity index (χ2n) is 5.88. The van der Waals surface area contributed by atoms with Crippen LogP contribution in [-0.2, 0) is 16.1 Å². The molecule has 0 spiro atoms. The SMILES string of the molecule is COC(=O)CC(c1ccc(OC)cc1)N1Cc2c(N)cccc2C1=O. The van der Waals surface area contributed by atoms with Crippen LogP contribution >= 0.6 is 0 Å². The number of fused-ring (bicyclic) bond motifs is 1. The summed E-state index contributed by atoms with van der Waals surface area (Å²) >= 11 is 0. The number of carbonyl (C=O) groups is 2. The van der Waals surface area contributed by atoms with Crippen molar-refractivity contribution in [3.8, 4) is 5.75 Å². The van der Waals surface area contributed by atoms with Gasteiger partial charge in [0.05, 0.1) is 26.7 Å². The van der Waals surface area contributed by atoms with E-state index in [1.54, 1.807) is 30.2 Å². The Kier molecular flexibility index (Phi) is 4.61. The first-order chi connectivity index (χ1) is 12.0. The van der Waals surface area contributed by atoms with Crippen molar-refractivity contribution in [3.05, 3.63) is 59.2 Å². The minimum atomic E-state index is -0.433. The van der Waals surface area contributed by atoms with Gasteiger partial charge in [0.2, 0.25) is 0 Å². The van der Waals surface area contributed by atoms with E-state index in [9.17, 15) is 9.59 Å². The van der Waals surface area contributed by atoms with Gasteiger partial charge in [0.15, 0.2) is 0 Å². The number of hydrogen-bond acceptors (Lipinski definition) is 5. The molecule has 3 rings (SSSR count). The molecule has 0 aromatic heterocycles. The summed E-state index contributed by atoms with van der Waals surface area (Å²) in [6.45, 7) is 0.370. The van der Waals surface area contributed by atoms with Crippen LogP contribution in [0.1, 0.15) is 33.9 Å². The second kappa shape index (κ2) is 6.84. The maximum atomic E-state index is 12.9. The second-order valence-corrected chi connectivity index (χ2v) is 5.88. The van der Waals surface area contributed by atoms with E-state index < -0.39 is 6.04 Å². The minimum absolute atomic E-state index is 0.0719. The van der Waals surface area contributed by atoms with Crippen LogP contribution < -0.4 is 10.5 Å². The Balaban J connectivity index is 1.96. The molecule has 0 aliphatic carbocycles. The molecule has 6 heteroatoms. The topological polar surface area (TPSA) is 81.9 Å². The molecule has 0 radical (unpaired) electrons. The summed E-state index contributed by atoms with van der Waals surface area (Å²) in [6.07, 6.45) is 0.0719. The van der Waals surface area contributed by atoms with Crippen LogP contribution in [0.25, 0.3) is 0 Å². The fraction of sp³-hybridized carbons (Fsp3) is 0.263. The number of benzene rings is 2. The van der Waals surface area contributed by atoms with Gasteiger partial charge in [-0.15, -0.1) is 0 Å². The van der Waals surface area contributed by atoms with Crippen LogP contribution in [-0.4, -0.2) is 31.0 Å². The quantitative estimate of drug-likeness (QED) is 0.668. The van der Waals surface area contributed by atoms with E-state index in [0.717, 1.165) is 11.1 Å². The normalized spacial score (nSPS) is 14.2. The van der Waals surface area contributed by atoms with Gasteiger partial charge in [-0.1, -0.05) is 18.2 Å². The maximum Gasteiger partial charge on any atom is 0.307 e. The first kappa shape index (κ1) is 16.8. The lowest BCUT2D eigenvalue weighted by atomic mass is 10.0. The molecule has 1 amide bonds. The van der Waals surface area contributed by atoms with Crippen molar-refractivity contribution < 1.29 is 19.1 Å². The highest BCUT2D eigenvalue weighted by Gasteiger charge is 2.35. The number of nitrogens with two attached hydrogens (primary N) is 1. The number of carbonyl (C=O) groups excluding carboxylic acids is 2. The number of ether oxygens (including phenoxy) is 2. The zero-order chi connectivity index (χ0) is 18.0. The van der Waals surface area contributed by atoms with E-state index in [2.05, 4.69) is 0 Å². The lowest BCUT2D eigenvalue weighted by Gasteiger charge is -2.27.